The molecule has 1 amide bonds. The first-order valence-corrected chi connectivity index (χ1v) is 7.81. The van der Waals surface area contributed by atoms with Gasteiger partial charge >= 0.3 is 0 Å². The molecule has 1 fully saturated rings. The SMILES string of the molecule is CC1(C)CCCC(C)(C)N1CCNC(=O)Cn1ccnc1. The fourth-order valence-corrected chi connectivity index (χ4v) is 3.56. The fraction of sp³-hybridized carbons (Fsp3) is 0.750. The number of imidazole rings is 1. The van der Waals surface area contributed by atoms with E-state index in [2.05, 4.69) is 42.9 Å². The van der Waals surface area contributed by atoms with Gasteiger partial charge in [-0.3, -0.25) is 9.69 Å². The van der Waals surface area contributed by atoms with Gasteiger partial charge in [0, 0.05) is 36.6 Å². The Morgan fingerprint density at radius 1 is 1.24 bits per heavy atom. The molecule has 1 aliphatic heterocycles. The maximum Gasteiger partial charge on any atom is 0.240 e. The molecular weight excluding hydrogens is 264 g/mol. The Morgan fingerprint density at radius 2 is 1.90 bits per heavy atom. The smallest absolute Gasteiger partial charge is 0.240 e. The highest BCUT2D eigenvalue weighted by Gasteiger charge is 2.40. The summed E-state index contributed by atoms with van der Waals surface area (Å²) in [6.45, 7) is 11.2. The van der Waals surface area contributed by atoms with Crippen LogP contribution in [0.25, 0.3) is 0 Å². The molecule has 0 saturated carbocycles. The second-order valence-electron chi connectivity index (χ2n) is 7.22. The minimum absolute atomic E-state index is 0.0422. The van der Waals surface area contributed by atoms with Crippen LogP contribution in [0.5, 0.6) is 0 Å². The molecule has 0 bridgehead atoms. The van der Waals surface area contributed by atoms with Crippen LogP contribution in [0, 0.1) is 0 Å². The molecule has 0 spiro atoms. The zero-order valence-electron chi connectivity index (χ0n) is 13.7. The normalized spacial score (nSPS) is 21.1. The number of aromatic nitrogens is 2. The van der Waals surface area contributed by atoms with Crippen LogP contribution in [0.3, 0.4) is 0 Å². The number of carbonyl (C=O) groups is 1. The van der Waals surface area contributed by atoms with Gasteiger partial charge in [-0.15, -0.1) is 0 Å². The Morgan fingerprint density at radius 3 is 2.48 bits per heavy atom. The van der Waals surface area contributed by atoms with E-state index in [4.69, 9.17) is 0 Å². The average molecular weight is 292 g/mol. The van der Waals surface area contributed by atoms with Gasteiger partial charge in [-0.2, -0.15) is 0 Å². The molecule has 118 valence electrons. The molecule has 1 aliphatic rings. The number of hydrogen-bond donors (Lipinski definition) is 1. The Labute approximate surface area is 127 Å². The average Bonchev–Trinajstić information content (AvgIpc) is 2.84. The van der Waals surface area contributed by atoms with Crippen molar-refractivity contribution in [1.82, 2.24) is 19.8 Å². The van der Waals surface area contributed by atoms with Gasteiger partial charge in [-0.1, -0.05) is 0 Å². The van der Waals surface area contributed by atoms with Gasteiger partial charge < -0.3 is 9.88 Å². The zero-order valence-corrected chi connectivity index (χ0v) is 13.7. The van der Waals surface area contributed by atoms with E-state index < -0.39 is 0 Å². The summed E-state index contributed by atoms with van der Waals surface area (Å²) in [7, 11) is 0. The molecule has 1 N–H and O–H groups in total. The molecule has 0 atom stereocenters. The Balaban J connectivity index is 1.82. The van der Waals surface area contributed by atoms with Crippen LogP contribution in [0.2, 0.25) is 0 Å². The van der Waals surface area contributed by atoms with Gasteiger partial charge in [0.1, 0.15) is 6.54 Å². The van der Waals surface area contributed by atoms with Gasteiger partial charge in [0.25, 0.3) is 0 Å². The summed E-state index contributed by atoms with van der Waals surface area (Å²) in [6, 6.07) is 0. The summed E-state index contributed by atoms with van der Waals surface area (Å²) in [4.78, 5) is 18.4. The molecule has 0 unspecified atom stereocenters. The van der Waals surface area contributed by atoms with Crippen LogP contribution in [-0.2, 0) is 11.3 Å². The highest BCUT2D eigenvalue weighted by molar-refractivity contribution is 5.75. The topological polar surface area (TPSA) is 50.2 Å². The third-order valence-electron chi connectivity index (χ3n) is 4.58. The van der Waals surface area contributed by atoms with E-state index in [0.717, 1.165) is 6.54 Å². The lowest BCUT2D eigenvalue weighted by molar-refractivity contribution is -0.122. The van der Waals surface area contributed by atoms with E-state index in [9.17, 15) is 4.79 Å². The molecule has 5 heteroatoms. The van der Waals surface area contributed by atoms with Crippen molar-refractivity contribution in [3.05, 3.63) is 18.7 Å². The first kappa shape index (κ1) is 16.0. The van der Waals surface area contributed by atoms with Crippen LogP contribution >= 0.6 is 0 Å². The third kappa shape index (κ3) is 4.06. The van der Waals surface area contributed by atoms with Gasteiger partial charge in [0.05, 0.1) is 6.33 Å². The van der Waals surface area contributed by atoms with Crippen molar-refractivity contribution in [3.8, 4) is 0 Å². The largest absolute Gasteiger partial charge is 0.353 e. The number of amides is 1. The number of hydrogen-bond acceptors (Lipinski definition) is 3. The number of likely N-dealkylation sites (tertiary alicyclic amines) is 1. The Hall–Kier alpha value is -1.36. The van der Waals surface area contributed by atoms with E-state index in [1.165, 1.54) is 19.3 Å². The molecule has 0 aromatic carbocycles. The van der Waals surface area contributed by atoms with Crippen LogP contribution in [0.1, 0.15) is 47.0 Å². The summed E-state index contributed by atoms with van der Waals surface area (Å²) in [6.07, 6.45) is 8.88. The van der Waals surface area contributed by atoms with Gasteiger partial charge in [0.15, 0.2) is 0 Å². The second-order valence-corrected chi connectivity index (χ2v) is 7.22. The van der Waals surface area contributed by atoms with Crippen LogP contribution in [-0.4, -0.2) is 44.5 Å². The van der Waals surface area contributed by atoms with E-state index in [1.54, 1.807) is 23.3 Å². The number of nitrogens with zero attached hydrogens (tertiary/aromatic N) is 3. The molecule has 2 heterocycles. The number of nitrogens with one attached hydrogen (secondary N) is 1. The van der Waals surface area contributed by atoms with E-state index in [1.807, 2.05) is 0 Å². The summed E-state index contributed by atoms with van der Waals surface area (Å²) in [5.41, 5.74) is 0.410. The molecule has 5 nitrogen and oxygen atoms in total. The minimum Gasteiger partial charge on any atom is -0.353 e. The molecule has 0 aliphatic carbocycles. The number of piperidine rings is 1. The molecule has 2 rings (SSSR count). The van der Waals surface area contributed by atoms with Crippen LogP contribution < -0.4 is 5.32 Å². The third-order valence-corrected chi connectivity index (χ3v) is 4.58. The lowest BCUT2D eigenvalue weighted by Crippen LogP contribution is -2.60. The molecule has 1 aromatic heterocycles. The molecule has 1 aromatic rings. The first-order valence-electron chi connectivity index (χ1n) is 7.81. The van der Waals surface area contributed by atoms with Crippen LogP contribution in [0.4, 0.5) is 0 Å². The van der Waals surface area contributed by atoms with Crippen molar-refractivity contribution in [1.29, 1.82) is 0 Å². The lowest BCUT2D eigenvalue weighted by atomic mass is 9.80. The second kappa shape index (κ2) is 6.18. The van der Waals surface area contributed by atoms with Crippen molar-refractivity contribution in [2.75, 3.05) is 13.1 Å². The molecule has 21 heavy (non-hydrogen) atoms. The summed E-state index contributed by atoms with van der Waals surface area (Å²) in [5.74, 6) is 0.0422. The van der Waals surface area contributed by atoms with Crippen LogP contribution in [0.15, 0.2) is 18.7 Å². The highest BCUT2D eigenvalue weighted by Crippen LogP contribution is 2.37. The lowest BCUT2D eigenvalue weighted by Gasteiger charge is -2.53. The number of rotatable bonds is 5. The first-order chi connectivity index (χ1) is 9.81. The summed E-state index contributed by atoms with van der Waals surface area (Å²) >= 11 is 0. The number of carbonyl (C=O) groups excluding carboxylic acids is 1. The Bertz CT molecular complexity index is 449. The maximum absolute atomic E-state index is 11.9. The molecule has 0 radical (unpaired) electrons. The van der Waals surface area contributed by atoms with Crippen molar-refractivity contribution < 1.29 is 4.79 Å². The van der Waals surface area contributed by atoms with Gasteiger partial charge in [-0.25, -0.2) is 4.98 Å². The quantitative estimate of drug-likeness (QED) is 0.903. The monoisotopic (exact) mass is 292 g/mol. The Kier molecular flexibility index (Phi) is 4.71. The highest BCUT2D eigenvalue weighted by atomic mass is 16.1. The minimum atomic E-state index is 0.0422. The van der Waals surface area contributed by atoms with Gasteiger partial charge in [0.2, 0.25) is 5.91 Å². The summed E-state index contributed by atoms with van der Waals surface area (Å²) < 4.78 is 1.78. The van der Waals surface area contributed by atoms with E-state index in [0.29, 0.717) is 13.1 Å². The van der Waals surface area contributed by atoms with E-state index >= 15 is 0 Å². The zero-order chi connectivity index (χ0) is 15.5. The molecular formula is C16H28N4O. The predicted octanol–water partition coefficient (Wildman–Crippen LogP) is 2.04. The van der Waals surface area contributed by atoms with Crippen molar-refractivity contribution in [3.63, 3.8) is 0 Å². The summed E-state index contributed by atoms with van der Waals surface area (Å²) in [5, 5.41) is 3.01. The van der Waals surface area contributed by atoms with E-state index in [-0.39, 0.29) is 17.0 Å². The van der Waals surface area contributed by atoms with Crippen molar-refractivity contribution in [2.45, 2.75) is 64.6 Å². The van der Waals surface area contributed by atoms with Crippen molar-refractivity contribution in [2.24, 2.45) is 0 Å². The maximum atomic E-state index is 11.9. The van der Waals surface area contributed by atoms with Gasteiger partial charge in [-0.05, 0) is 47.0 Å². The van der Waals surface area contributed by atoms with Crippen molar-refractivity contribution >= 4 is 5.91 Å². The fourth-order valence-electron chi connectivity index (χ4n) is 3.56. The molecule has 1 saturated heterocycles. The predicted molar refractivity (Wildman–Crippen MR) is 84.0 cm³/mol. The standard InChI is InChI=1S/C16H28N4O/c1-15(2)6-5-7-16(3,4)20(15)11-9-18-14(21)12-19-10-8-17-13-19/h8,10,13H,5-7,9,11-12H2,1-4H3,(H,18,21).